The first-order valence-corrected chi connectivity index (χ1v) is 6.10. The fraction of sp³-hybridized carbons (Fsp3) is 0.667. The molecule has 0 aromatic carbocycles. The van der Waals surface area contributed by atoms with Gasteiger partial charge in [0.05, 0.1) is 6.54 Å². The number of nitrogens with one attached hydrogen (secondary N) is 1. The fourth-order valence-corrected chi connectivity index (χ4v) is 1.86. The number of aliphatic carboxylic acids is 1. The lowest BCUT2D eigenvalue weighted by Gasteiger charge is -2.21. The SMILES string of the molecule is C=C(C)CNC(=O)N1CCCN(CC(=O)O)CC1. The van der Waals surface area contributed by atoms with Gasteiger partial charge in [-0.1, -0.05) is 12.2 Å². The van der Waals surface area contributed by atoms with Crippen molar-refractivity contribution in [1.82, 2.24) is 15.1 Å². The molecule has 18 heavy (non-hydrogen) atoms. The van der Waals surface area contributed by atoms with Crippen LogP contribution < -0.4 is 5.32 Å². The predicted molar refractivity (Wildman–Crippen MR) is 68.5 cm³/mol. The van der Waals surface area contributed by atoms with Crippen LogP contribution in [0.25, 0.3) is 0 Å². The van der Waals surface area contributed by atoms with Crippen LogP contribution in [-0.2, 0) is 4.79 Å². The first-order chi connectivity index (χ1) is 8.49. The number of hydrogen-bond donors (Lipinski definition) is 2. The summed E-state index contributed by atoms with van der Waals surface area (Å²) < 4.78 is 0. The van der Waals surface area contributed by atoms with Gasteiger partial charge >= 0.3 is 12.0 Å². The number of amides is 2. The first kappa shape index (κ1) is 14.5. The third-order valence-electron chi connectivity index (χ3n) is 2.78. The lowest BCUT2D eigenvalue weighted by molar-refractivity contribution is -0.138. The van der Waals surface area contributed by atoms with Crippen molar-refractivity contribution in [2.45, 2.75) is 13.3 Å². The Kier molecular flexibility index (Phi) is 5.64. The Balaban J connectivity index is 2.38. The molecule has 0 radical (unpaired) electrons. The van der Waals surface area contributed by atoms with E-state index in [9.17, 15) is 9.59 Å². The molecule has 102 valence electrons. The summed E-state index contributed by atoms with van der Waals surface area (Å²) in [6.07, 6.45) is 0.799. The van der Waals surface area contributed by atoms with Crippen molar-refractivity contribution in [1.29, 1.82) is 0 Å². The minimum Gasteiger partial charge on any atom is -0.480 e. The number of carbonyl (C=O) groups is 2. The molecule has 1 fully saturated rings. The van der Waals surface area contributed by atoms with E-state index in [0.29, 0.717) is 26.2 Å². The van der Waals surface area contributed by atoms with Crippen molar-refractivity contribution in [2.24, 2.45) is 0 Å². The number of carbonyl (C=O) groups excluding carboxylic acids is 1. The topological polar surface area (TPSA) is 72.9 Å². The highest BCUT2D eigenvalue weighted by molar-refractivity contribution is 5.74. The molecule has 6 nitrogen and oxygen atoms in total. The summed E-state index contributed by atoms with van der Waals surface area (Å²) in [5.74, 6) is -0.824. The molecule has 0 aliphatic carbocycles. The van der Waals surface area contributed by atoms with Crippen LogP contribution >= 0.6 is 0 Å². The van der Waals surface area contributed by atoms with Crippen LogP contribution in [-0.4, -0.2) is 66.2 Å². The molecule has 1 aliphatic heterocycles. The van der Waals surface area contributed by atoms with Crippen molar-refractivity contribution in [3.63, 3.8) is 0 Å². The van der Waals surface area contributed by atoms with E-state index in [1.807, 2.05) is 11.8 Å². The Morgan fingerprint density at radius 3 is 2.61 bits per heavy atom. The number of rotatable bonds is 4. The molecule has 0 aromatic heterocycles. The number of nitrogens with zero attached hydrogens (tertiary/aromatic N) is 2. The van der Waals surface area contributed by atoms with E-state index in [1.165, 1.54) is 0 Å². The van der Waals surface area contributed by atoms with Gasteiger partial charge in [0.15, 0.2) is 0 Å². The van der Waals surface area contributed by atoms with Gasteiger partial charge in [-0.3, -0.25) is 9.69 Å². The van der Waals surface area contributed by atoms with Crippen LogP contribution in [0.1, 0.15) is 13.3 Å². The molecular formula is C12H21N3O3. The summed E-state index contributed by atoms with van der Waals surface area (Å²) in [6, 6.07) is -0.102. The van der Waals surface area contributed by atoms with E-state index >= 15 is 0 Å². The zero-order valence-electron chi connectivity index (χ0n) is 10.8. The average Bonchev–Trinajstić information content (AvgIpc) is 2.50. The monoisotopic (exact) mass is 255 g/mol. The van der Waals surface area contributed by atoms with Gasteiger partial charge in [-0.25, -0.2) is 4.79 Å². The van der Waals surface area contributed by atoms with E-state index in [-0.39, 0.29) is 12.6 Å². The predicted octanol–water partition coefficient (Wildman–Crippen LogP) is 0.364. The number of urea groups is 1. The molecule has 0 unspecified atom stereocenters. The molecule has 0 atom stereocenters. The molecule has 0 aromatic rings. The highest BCUT2D eigenvalue weighted by Gasteiger charge is 2.19. The van der Waals surface area contributed by atoms with Gasteiger partial charge in [-0.2, -0.15) is 0 Å². The summed E-state index contributed by atoms with van der Waals surface area (Å²) in [7, 11) is 0. The first-order valence-electron chi connectivity index (χ1n) is 6.10. The van der Waals surface area contributed by atoms with Crippen molar-refractivity contribution in [3.05, 3.63) is 12.2 Å². The summed E-state index contributed by atoms with van der Waals surface area (Å²) >= 11 is 0. The number of hydrogen-bond acceptors (Lipinski definition) is 3. The van der Waals surface area contributed by atoms with Crippen LogP contribution in [0.4, 0.5) is 4.79 Å². The summed E-state index contributed by atoms with van der Waals surface area (Å²) in [5.41, 5.74) is 0.908. The Bertz CT molecular complexity index is 331. The minimum absolute atomic E-state index is 0.0429. The maximum Gasteiger partial charge on any atom is 0.317 e. The number of carboxylic acids is 1. The van der Waals surface area contributed by atoms with Gasteiger partial charge in [-0.05, 0) is 13.3 Å². The Hall–Kier alpha value is -1.56. The molecule has 0 spiro atoms. The van der Waals surface area contributed by atoms with Crippen LogP contribution in [0.5, 0.6) is 0 Å². The standard InChI is InChI=1S/C12H21N3O3/c1-10(2)8-13-12(18)15-5-3-4-14(6-7-15)9-11(16)17/h1,3-9H2,2H3,(H,13,18)(H,16,17). The molecular weight excluding hydrogens is 234 g/mol. The zero-order valence-corrected chi connectivity index (χ0v) is 10.8. The minimum atomic E-state index is -0.824. The molecule has 1 rings (SSSR count). The van der Waals surface area contributed by atoms with Gasteiger partial charge < -0.3 is 15.3 Å². The second kappa shape index (κ2) is 7.00. The third kappa shape index (κ3) is 5.18. The average molecular weight is 255 g/mol. The van der Waals surface area contributed by atoms with Crippen molar-refractivity contribution < 1.29 is 14.7 Å². The quantitative estimate of drug-likeness (QED) is 0.712. The van der Waals surface area contributed by atoms with Crippen LogP contribution in [0.3, 0.4) is 0 Å². The molecule has 0 saturated carbocycles. The van der Waals surface area contributed by atoms with E-state index < -0.39 is 5.97 Å². The Morgan fingerprint density at radius 2 is 2.00 bits per heavy atom. The van der Waals surface area contributed by atoms with Gasteiger partial charge in [-0.15, -0.1) is 0 Å². The maximum atomic E-state index is 11.8. The highest BCUT2D eigenvalue weighted by Crippen LogP contribution is 2.03. The summed E-state index contributed by atoms with van der Waals surface area (Å²) in [4.78, 5) is 26.0. The largest absolute Gasteiger partial charge is 0.480 e. The van der Waals surface area contributed by atoms with Crippen LogP contribution in [0, 0.1) is 0 Å². The molecule has 6 heteroatoms. The summed E-state index contributed by atoms with van der Waals surface area (Å²) in [5, 5.41) is 11.5. The molecule has 1 heterocycles. The van der Waals surface area contributed by atoms with Crippen molar-refractivity contribution >= 4 is 12.0 Å². The van der Waals surface area contributed by atoms with E-state index in [2.05, 4.69) is 11.9 Å². The smallest absolute Gasteiger partial charge is 0.317 e. The van der Waals surface area contributed by atoms with Crippen molar-refractivity contribution in [3.8, 4) is 0 Å². The second-order valence-electron chi connectivity index (χ2n) is 4.63. The zero-order chi connectivity index (χ0) is 13.5. The van der Waals surface area contributed by atoms with E-state index in [0.717, 1.165) is 18.5 Å². The van der Waals surface area contributed by atoms with E-state index in [1.54, 1.807) is 4.90 Å². The third-order valence-corrected chi connectivity index (χ3v) is 2.78. The maximum absolute atomic E-state index is 11.8. The normalized spacial score (nSPS) is 17.1. The Morgan fingerprint density at radius 1 is 1.28 bits per heavy atom. The van der Waals surface area contributed by atoms with Gasteiger partial charge in [0.2, 0.25) is 0 Å². The lowest BCUT2D eigenvalue weighted by atomic mass is 10.3. The van der Waals surface area contributed by atoms with Gasteiger partial charge in [0.1, 0.15) is 0 Å². The second-order valence-corrected chi connectivity index (χ2v) is 4.63. The molecule has 1 saturated heterocycles. The summed E-state index contributed by atoms with van der Waals surface area (Å²) in [6.45, 7) is 8.66. The molecule has 2 amide bonds. The molecule has 0 bridgehead atoms. The lowest BCUT2D eigenvalue weighted by Crippen LogP contribution is -2.42. The van der Waals surface area contributed by atoms with E-state index in [4.69, 9.17) is 5.11 Å². The van der Waals surface area contributed by atoms with Gasteiger partial charge in [0.25, 0.3) is 0 Å². The van der Waals surface area contributed by atoms with Gasteiger partial charge in [0, 0.05) is 32.7 Å². The van der Waals surface area contributed by atoms with Crippen molar-refractivity contribution in [2.75, 3.05) is 39.3 Å². The van der Waals surface area contributed by atoms with Crippen LogP contribution in [0.2, 0.25) is 0 Å². The fourth-order valence-electron chi connectivity index (χ4n) is 1.86. The Labute approximate surface area is 107 Å². The molecule has 1 aliphatic rings. The number of carboxylic acid groups (broad SMARTS) is 1. The highest BCUT2D eigenvalue weighted by atomic mass is 16.4. The molecule has 2 N–H and O–H groups in total. The van der Waals surface area contributed by atoms with Crippen LogP contribution in [0.15, 0.2) is 12.2 Å².